The van der Waals surface area contributed by atoms with Crippen LogP contribution in [-0.4, -0.2) is 28.1 Å². The largest absolute Gasteiger partial charge is 0.497 e. The summed E-state index contributed by atoms with van der Waals surface area (Å²) >= 11 is 3.23. The molecule has 0 amide bonds. The first-order chi connectivity index (χ1) is 7.89. The van der Waals surface area contributed by atoms with Crippen molar-refractivity contribution in [3.63, 3.8) is 0 Å². The molecule has 0 aliphatic rings. The number of nitrogens with two attached hydrogens (primary N) is 1. The summed E-state index contributed by atoms with van der Waals surface area (Å²) in [7, 11) is -2.09. The molecule has 104 valence electrons. The van der Waals surface area contributed by atoms with Crippen molar-refractivity contribution in [3.8, 4) is 5.75 Å². The summed E-state index contributed by atoms with van der Waals surface area (Å²) in [6.07, 6.45) is 0. The summed E-state index contributed by atoms with van der Waals surface area (Å²) in [6.45, 7) is 1.94. The van der Waals surface area contributed by atoms with E-state index in [9.17, 15) is 8.42 Å². The number of sulfonamides is 1. The first-order valence-corrected chi connectivity index (χ1v) is 7.23. The second-order valence-corrected chi connectivity index (χ2v) is 6.21. The van der Waals surface area contributed by atoms with Crippen molar-refractivity contribution in [2.24, 2.45) is 5.73 Å². The molecule has 1 aromatic carbocycles. The molecule has 0 aliphatic carbocycles. The molecule has 18 heavy (non-hydrogen) atoms. The van der Waals surface area contributed by atoms with Crippen LogP contribution in [0.3, 0.4) is 0 Å². The van der Waals surface area contributed by atoms with Gasteiger partial charge in [-0.3, -0.25) is 0 Å². The molecule has 3 N–H and O–H groups in total. The van der Waals surface area contributed by atoms with E-state index < -0.39 is 10.0 Å². The Hall–Kier alpha value is -0.340. The molecule has 0 saturated carbocycles. The summed E-state index contributed by atoms with van der Waals surface area (Å²) in [5, 5.41) is 0. The minimum Gasteiger partial charge on any atom is -0.497 e. The molecule has 0 radical (unpaired) electrons. The van der Waals surface area contributed by atoms with Crippen molar-refractivity contribution in [2.75, 3.05) is 13.7 Å². The van der Waals surface area contributed by atoms with Crippen LogP contribution in [-0.2, 0) is 10.0 Å². The van der Waals surface area contributed by atoms with Crippen LogP contribution in [0.5, 0.6) is 5.75 Å². The highest BCUT2D eigenvalue weighted by atomic mass is 79.9. The molecule has 0 spiro atoms. The molecule has 0 saturated heterocycles. The molecule has 5 nitrogen and oxygen atoms in total. The summed E-state index contributed by atoms with van der Waals surface area (Å²) in [6, 6.07) is 4.33. The third kappa shape index (κ3) is 4.74. The van der Waals surface area contributed by atoms with Crippen LogP contribution in [0.4, 0.5) is 0 Å². The lowest BCUT2D eigenvalue weighted by Crippen LogP contribution is -2.37. The van der Waals surface area contributed by atoms with Crippen molar-refractivity contribution >= 4 is 38.4 Å². The average Bonchev–Trinajstić information content (AvgIpc) is 2.27. The van der Waals surface area contributed by atoms with Gasteiger partial charge in [0.2, 0.25) is 10.0 Å². The van der Waals surface area contributed by atoms with E-state index in [4.69, 9.17) is 10.5 Å². The molecule has 1 aromatic rings. The smallest absolute Gasteiger partial charge is 0.241 e. The van der Waals surface area contributed by atoms with E-state index in [-0.39, 0.29) is 29.9 Å². The van der Waals surface area contributed by atoms with E-state index in [2.05, 4.69) is 20.7 Å². The van der Waals surface area contributed by atoms with E-state index in [0.717, 1.165) is 0 Å². The van der Waals surface area contributed by atoms with Gasteiger partial charge in [-0.1, -0.05) is 15.9 Å². The summed E-state index contributed by atoms with van der Waals surface area (Å²) in [5.41, 5.74) is 5.38. The van der Waals surface area contributed by atoms with Crippen LogP contribution < -0.4 is 15.2 Å². The summed E-state index contributed by atoms with van der Waals surface area (Å²) in [5.74, 6) is 0.472. The van der Waals surface area contributed by atoms with Gasteiger partial charge in [0.25, 0.3) is 0 Å². The molecule has 0 bridgehead atoms. The van der Waals surface area contributed by atoms with Crippen molar-refractivity contribution in [1.29, 1.82) is 0 Å². The van der Waals surface area contributed by atoms with E-state index >= 15 is 0 Å². The highest BCUT2D eigenvalue weighted by Crippen LogP contribution is 2.24. The first kappa shape index (κ1) is 17.7. The quantitative estimate of drug-likeness (QED) is 0.835. The van der Waals surface area contributed by atoms with Crippen LogP contribution in [0, 0.1) is 0 Å². The number of halogens is 2. The number of benzene rings is 1. The predicted molar refractivity (Wildman–Crippen MR) is 76.8 cm³/mol. The second-order valence-electron chi connectivity index (χ2n) is 3.58. The Morgan fingerprint density at radius 1 is 1.44 bits per heavy atom. The number of ether oxygens (including phenoxy) is 1. The number of hydrogen-bond acceptors (Lipinski definition) is 4. The Morgan fingerprint density at radius 3 is 2.56 bits per heavy atom. The van der Waals surface area contributed by atoms with Crippen molar-refractivity contribution < 1.29 is 13.2 Å². The van der Waals surface area contributed by atoms with Gasteiger partial charge >= 0.3 is 0 Å². The molecule has 8 heteroatoms. The fraction of sp³-hybridized carbons (Fsp3) is 0.400. The Labute approximate surface area is 122 Å². The zero-order valence-electron chi connectivity index (χ0n) is 10.0. The second kappa shape index (κ2) is 7.30. The van der Waals surface area contributed by atoms with Crippen LogP contribution in [0.25, 0.3) is 0 Å². The molecule has 0 heterocycles. The van der Waals surface area contributed by atoms with E-state index in [0.29, 0.717) is 10.2 Å². The maximum Gasteiger partial charge on any atom is 0.241 e. The normalized spacial score (nSPS) is 12.7. The summed E-state index contributed by atoms with van der Waals surface area (Å²) < 4.78 is 32.1. The molecule has 1 rings (SSSR count). The molecule has 0 aliphatic heterocycles. The lowest BCUT2D eigenvalue weighted by molar-refractivity contribution is 0.413. The Balaban J connectivity index is 0.00000289. The highest BCUT2D eigenvalue weighted by Gasteiger charge is 2.18. The number of nitrogens with one attached hydrogen (secondary N) is 1. The van der Waals surface area contributed by atoms with Gasteiger partial charge in [-0.15, -0.1) is 12.4 Å². The van der Waals surface area contributed by atoms with Gasteiger partial charge < -0.3 is 10.5 Å². The number of rotatable bonds is 5. The molecule has 0 unspecified atom stereocenters. The molecular weight excluding hydrogens is 344 g/mol. The zero-order valence-corrected chi connectivity index (χ0v) is 13.2. The van der Waals surface area contributed by atoms with Gasteiger partial charge in [0, 0.05) is 23.1 Å². The predicted octanol–water partition coefficient (Wildman–Crippen LogP) is 1.50. The van der Waals surface area contributed by atoms with Gasteiger partial charge in [0.1, 0.15) is 5.75 Å². The van der Waals surface area contributed by atoms with Crippen molar-refractivity contribution in [1.82, 2.24) is 4.72 Å². The van der Waals surface area contributed by atoms with Crippen LogP contribution in [0.15, 0.2) is 27.6 Å². The lowest BCUT2D eigenvalue weighted by atomic mass is 10.3. The van der Waals surface area contributed by atoms with Crippen LogP contribution in [0.2, 0.25) is 0 Å². The lowest BCUT2D eigenvalue weighted by Gasteiger charge is -2.13. The van der Waals surface area contributed by atoms with Gasteiger partial charge in [-0.05, 0) is 19.1 Å². The van der Waals surface area contributed by atoms with E-state index in [1.807, 2.05) is 0 Å². The number of methoxy groups -OCH3 is 1. The monoisotopic (exact) mass is 358 g/mol. The van der Waals surface area contributed by atoms with E-state index in [1.54, 1.807) is 13.0 Å². The molecular formula is C10H16BrClN2O3S. The highest BCUT2D eigenvalue weighted by molar-refractivity contribution is 9.10. The van der Waals surface area contributed by atoms with Crippen molar-refractivity contribution in [2.45, 2.75) is 17.9 Å². The van der Waals surface area contributed by atoms with Gasteiger partial charge in [-0.2, -0.15) is 0 Å². The fourth-order valence-electron chi connectivity index (χ4n) is 1.19. The SMILES string of the molecule is COc1cc(Br)cc(S(=O)(=O)N[C@@H](C)CN)c1.Cl. The third-order valence-corrected chi connectivity index (χ3v) is 4.13. The Morgan fingerprint density at radius 2 is 2.06 bits per heavy atom. The number of hydrogen-bond donors (Lipinski definition) is 2. The van der Waals surface area contributed by atoms with Crippen LogP contribution in [0.1, 0.15) is 6.92 Å². The van der Waals surface area contributed by atoms with E-state index in [1.165, 1.54) is 19.2 Å². The van der Waals surface area contributed by atoms with Crippen molar-refractivity contribution in [3.05, 3.63) is 22.7 Å². The maximum atomic E-state index is 12.0. The third-order valence-electron chi connectivity index (χ3n) is 2.10. The fourth-order valence-corrected chi connectivity index (χ4v) is 3.13. The summed E-state index contributed by atoms with van der Waals surface area (Å²) in [4.78, 5) is 0.143. The first-order valence-electron chi connectivity index (χ1n) is 4.96. The molecule has 0 aromatic heterocycles. The topological polar surface area (TPSA) is 81.4 Å². The van der Waals surface area contributed by atoms with Gasteiger partial charge in [0.05, 0.1) is 12.0 Å². The minimum atomic E-state index is -3.57. The average molecular weight is 360 g/mol. The van der Waals surface area contributed by atoms with Crippen LogP contribution >= 0.6 is 28.3 Å². The van der Waals surface area contributed by atoms with Gasteiger partial charge in [-0.25, -0.2) is 13.1 Å². The Kier molecular flexibility index (Phi) is 7.16. The Bertz CT molecular complexity index is 496. The zero-order chi connectivity index (χ0) is 13.1. The van der Waals surface area contributed by atoms with Gasteiger partial charge in [0.15, 0.2) is 0 Å². The minimum absolute atomic E-state index is 0. The standard InChI is InChI=1S/C10H15BrN2O3S.ClH/c1-7(6-12)13-17(14,15)10-4-8(11)3-9(5-10)16-2;/h3-5,7,13H,6,12H2,1-2H3;1H/t7-;/m0./s1. The maximum absolute atomic E-state index is 12.0. The molecule has 0 fully saturated rings. The molecule has 1 atom stereocenters.